The molecule has 1 aliphatic rings. The molecule has 0 radical (unpaired) electrons. The van der Waals surface area contributed by atoms with Gasteiger partial charge < -0.3 is 5.73 Å². The summed E-state index contributed by atoms with van der Waals surface area (Å²) in [5, 5.41) is 0.458. The molecular formula is C11H13ClFN. The van der Waals surface area contributed by atoms with Crippen LogP contribution >= 0.6 is 11.6 Å². The zero-order valence-corrected chi connectivity index (χ0v) is 8.60. The fraction of sp³-hybridized carbons (Fsp3) is 0.455. The Hall–Kier alpha value is -0.600. The van der Waals surface area contributed by atoms with Gasteiger partial charge in [-0.3, -0.25) is 0 Å². The molecule has 0 spiro atoms. The van der Waals surface area contributed by atoms with Gasteiger partial charge in [-0.2, -0.15) is 0 Å². The highest BCUT2D eigenvalue weighted by Crippen LogP contribution is 2.34. The third-order valence-electron chi connectivity index (χ3n) is 2.88. The Labute approximate surface area is 88.1 Å². The largest absolute Gasteiger partial charge is 0.327 e. The second-order valence-corrected chi connectivity index (χ2v) is 4.34. The van der Waals surface area contributed by atoms with Crippen molar-refractivity contribution in [3.05, 3.63) is 34.6 Å². The standard InChI is InChI=1S/C11H13ClFN/c12-8-4-7(5-9(13)6-8)10-2-1-3-11(10)14/h4-6,10-11H,1-3,14H2. The third-order valence-corrected chi connectivity index (χ3v) is 3.10. The molecule has 0 amide bonds. The van der Waals surface area contributed by atoms with Crippen molar-refractivity contribution in [1.29, 1.82) is 0 Å². The number of benzene rings is 1. The van der Waals surface area contributed by atoms with Gasteiger partial charge in [0, 0.05) is 11.1 Å². The van der Waals surface area contributed by atoms with E-state index < -0.39 is 0 Å². The summed E-state index contributed by atoms with van der Waals surface area (Å²) in [4.78, 5) is 0. The summed E-state index contributed by atoms with van der Waals surface area (Å²) in [6.07, 6.45) is 3.19. The number of hydrogen-bond acceptors (Lipinski definition) is 1. The first-order valence-electron chi connectivity index (χ1n) is 4.88. The minimum atomic E-state index is -0.272. The average molecular weight is 214 g/mol. The predicted octanol–water partition coefficient (Wildman–Crippen LogP) is 3.07. The van der Waals surface area contributed by atoms with Crippen molar-refractivity contribution in [3.63, 3.8) is 0 Å². The van der Waals surface area contributed by atoms with Gasteiger partial charge in [0.05, 0.1) is 0 Å². The van der Waals surface area contributed by atoms with Crippen LogP contribution in [0.15, 0.2) is 18.2 Å². The van der Waals surface area contributed by atoms with E-state index in [1.807, 2.05) is 6.07 Å². The van der Waals surface area contributed by atoms with Gasteiger partial charge in [0.25, 0.3) is 0 Å². The lowest BCUT2D eigenvalue weighted by Gasteiger charge is -2.15. The zero-order valence-electron chi connectivity index (χ0n) is 7.84. The van der Waals surface area contributed by atoms with E-state index in [0.29, 0.717) is 5.02 Å². The van der Waals surface area contributed by atoms with Gasteiger partial charge in [0.2, 0.25) is 0 Å². The Balaban J connectivity index is 2.31. The van der Waals surface area contributed by atoms with Crippen molar-refractivity contribution >= 4 is 11.6 Å². The van der Waals surface area contributed by atoms with E-state index in [4.69, 9.17) is 17.3 Å². The molecule has 1 aromatic rings. The van der Waals surface area contributed by atoms with Gasteiger partial charge in [0.1, 0.15) is 5.82 Å². The smallest absolute Gasteiger partial charge is 0.124 e. The highest BCUT2D eigenvalue weighted by atomic mass is 35.5. The maximum Gasteiger partial charge on any atom is 0.124 e. The molecule has 14 heavy (non-hydrogen) atoms. The van der Waals surface area contributed by atoms with E-state index >= 15 is 0 Å². The van der Waals surface area contributed by atoms with Gasteiger partial charge in [-0.05, 0) is 42.5 Å². The minimum Gasteiger partial charge on any atom is -0.327 e. The Kier molecular flexibility index (Phi) is 2.75. The second-order valence-electron chi connectivity index (χ2n) is 3.90. The first-order valence-corrected chi connectivity index (χ1v) is 5.26. The highest BCUT2D eigenvalue weighted by molar-refractivity contribution is 6.30. The third kappa shape index (κ3) is 1.91. The molecule has 3 heteroatoms. The summed E-state index contributed by atoms with van der Waals surface area (Å²) in [7, 11) is 0. The van der Waals surface area contributed by atoms with Crippen LogP contribution in [0, 0.1) is 5.82 Å². The Morgan fingerprint density at radius 2 is 2.07 bits per heavy atom. The van der Waals surface area contributed by atoms with Crippen molar-refractivity contribution in [1.82, 2.24) is 0 Å². The summed E-state index contributed by atoms with van der Waals surface area (Å²) < 4.78 is 13.1. The van der Waals surface area contributed by atoms with Crippen molar-refractivity contribution in [2.24, 2.45) is 5.73 Å². The minimum absolute atomic E-state index is 0.160. The summed E-state index contributed by atoms with van der Waals surface area (Å²) in [5.41, 5.74) is 6.89. The first-order chi connectivity index (χ1) is 6.66. The summed E-state index contributed by atoms with van der Waals surface area (Å²) in [6.45, 7) is 0. The lowest BCUT2D eigenvalue weighted by atomic mass is 9.94. The SMILES string of the molecule is NC1CCCC1c1cc(F)cc(Cl)c1. The summed E-state index contributed by atoms with van der Waals surface area (Å²) in [5.74, 6) is 0.00907. The molecule has 76 valence electrons. The fourth-order valence-electron chi connectivity index (χ4n) is 2.19. The lowest BCUT2D eigenvalue weighted by molar-refractivity contribution is 0.594. The van der Waals surface area contributed by atoms with Gasteiger partial charge in [-0.25, -0.2) is 4.39 Å². The van der Waals surface area contributed by atoms with Gasteiger partial charge >= 0.3 is 0 Å². The average Bonchev–Trinajstić information content (AvgIpc) is 2.49. The van der Waals surface area contributed by atoms with Crippen LogP contribution in [0.3, 0.4) is 0 Å². The van der Waals surface area contributed by atoms with Crippen LogP contribution in [0.2, 0.25) is 5.02 Å². The first kappa shape index (κ1) is 9.94. The summed E-state index contributed by atoms with van der Waals surface area (Å²) in [6, 6.07) is 4.85. The molecule has 0 aromatic heterocycles. The monoisotopic (exact) mass is 213 g/mol. The molecule has 0 heterocycles. The maximum absolute atomic E-state index is 13.1. The van der Waals surface area contributed by atoms with Crippen LogP contribution < -0.4 is 5.73 Å². The van der Waals surface area contributed by atoms with E-state index in [1.54, 1.807) is 6.07 Å². The Morgan fingerprint density at radius 1 is 1.29 bits per heavy atom. The molecule has 2 unspecified atom stereocenters. The molecule has 1 aromatic carbocycles. The van der Waals surface area contributed by atoms with E-state index in [2.05, 4.69) is 0 Å². The predicted molar refractivity (Wildman–Crippen MR) is 56.0 cm³/mol. The van der Waals surface area contributed by atoms with Crippen molar-refractivity contribution in [2.75, 3.05) is 0 Å². The molecule has 2 rings (SSSR count). The molecule has 1 fully saturated rings. The maximum atomic E-state index is 13.1. The molecule has 1 nitrogen and oxygen atoms in total. The molecule has 1 aliphatic carbocycles. The van der Waals surface area contributed by atoms with Crippen LogP contribution in [-0.2, 0) is 0 Å². The van der Waals surface area contributed by atoms with Gasteiger partial charge in [-0.15, -0.1) is 0 Å². The van der Waals surface area contributed by atoms with E-state index in [1.165, 1.54) is 6.07 Å². The number of nitrogens with two attached hydrogens (primary N) is 1. The normalized spacial score (nSPS) is 26.8. The Bertz CT molecular complexity index is 320. The van der Waals surface area contributed by atoms with E-state index in [-0.39, 0.29) is 17.8 Å². The van der Waals surface area contributed by atoms with Crippen molar-refractivity contribution in [3.8, 4) is 0 Å². The Morgan fingerprint density at radius 3 is 2.64 bits per heavy atom. The number of rotatable bonds is 1. The van der Waals surface area contributed by atoms with Crippen LogP contribution in [-0.4, -0.2) is 6.04 Å². The molecule has 0 aliphatic heterocycles. The zero-order chi connectivity index (χ0) is 10.1. The molecule has 2 N–H and O–H groups in total. The van der Waals surface area contributed by atoms with Gasteiger partial charge in [-0.1, -0.05) is 18.0 Å². The fourth-order valence-corrected chi connectivity index (χ4v) is 2.42. The number of hydrogen-bond donors (Lipinski definition) is 1. The van der Waals surface area contributed by atoms with Crippen LogP contribution in [0.25, 0.3) is 0 Å². The van der Waals surface area contributed by atoms with Crippen LogP contribution in [0.5, 0.6) is 0 Å². The van der Waals surface area contributed by atoms with E-state index in [9.17, 15) is 4.39 Å². The molecule has 0 bridgehead atoms. The summed E-state index contributed by atoms with van der Waals surface area (Å²) >= 11 is 5.80. The lowest BCUT2D eigenvalue weighted by Crippen LogP contribution is -2.22. The molecular weight excluding hydrogens is 201 g/mol. The van der Waals surface area contributed by atoms with Crippen LogP contribution in [0.1, 0.15) is 30.7 Å². The number of halogens is 2. The second kappa shape index (κ2) is 3.87. The van der Waals surface area contributed by atoms with Crippen molar-refractivity contribution in [2.45, 2.75) is 31.2 Å². The molecule has 1 saturated carbocycles. The topological polar surface area (TPSA) is 26.0 Å². The molecule has 0 saturated heterocycles. The van der Waals surface area contributed by atoms with Crippen LogP contribution in [0.4, 0.5) is 4.39 Å². The van der Waals surface area contributed by atoms with Gasteiger partial charge in [0.15, 0.2) is 0 Å². The quantitative estimate of drug-likeness (QED) is 0.763. The molecule has 2 atom stereocenters. The van der Waals surface area contributed by atoms with Crippen molar-refractivity contribution < 1.29 is 4.39 Å². The van der Waals surface area contributed by atoms with E-state index in [0.717, 1.165) is 24.8 Å². The highest BCUT2D eigenvalue weighted by Gasteiger charge is 2.25.